The van der Waals surface area contributed by atoms with E-state index in [1.54, 1.807) is 19.1 Å². The molecule has 0 bridgehead atoms. The van der Waals surface area contributed by atoms with Crippen LogP contribution in [0.4, 0.5) is 0 Å². The zero-order valence-corrected chi connectivity index (χ0v) is 14.0. The van der Waals surface area contributed by atoms with Crippen molar-refractivity contribution in [3.63, 3.8) is 0 Å². The van der Waals surface area contributed by atoms with E-state index in [0.29, 0.717) is 17.9 Å². The van der Waals surface area contributed by atoms with Crippen LogP contribution in [0.25, 0.3) is 0 Å². The van der Waals surface area contributed by atoms with Gasteiger partial charge >= 0.3 is 0 Å². The Hall–Kier alpha value is -1.20. The Bertz CT molecular complexity index is 579. The van der Waals surface area contributed by atoms with Gasteiger partial charge in [-0.3, -0.25) is 4.79 Å². The molecule has 0 aliphatic heterocycles. The molecule has 5 heteroatoms. The van der Waals surface area contributed by atoms with Gasteiger partial charge in [0.15, 0.2) is 5.78 Å². The van der Waals surface area contributed by atoms with Gasteiger partial charge in [-0.2, -0.15) is 0 Å². The number of carbonyl (C=O) groups is 1. The van der Waals surface area contributed by atoms with Gasteiger partial charge in [0, 0.05) is 18.0 Å². The highest BCUT2D eigenvalue weighted by Crippen LogP contribution is 2.15. The van der Waals surface area contributed by atoms with E-state index >= 15 is 0 Å². The first kappa shape index (κ1) is 17.9. The largest absolute Gasteiger partial charge is 0.294 e. The van der Waals surface area contributed by atoms with E-state index in [0.717, 1.165) is 12.8 Å². The molecule has 4 nitrogen and oxygen atoms in total. The molecular formula is C16H25NO3S. The molecule has 0 saturated heterocycles. The highest BCUT2D eigenvalue weighted by Gasteiger charge is 2.18. The van der Waals surface area contributed by atoms with Crippen molar-refractivity contribution in [3.05, 3.63) is 29.8 Å². The summed E-state index contributed by atoms with van der Waals surface area (Å²) in [4.78, 5) is 11.8. The summed E-state index contributed by atoms with van der Waals surface area (Å²) in [6.07, 6.45) is 2.13. The number of hydrogen-bond acceptors (Lipinski definition) is 3. The minimum Gasteiger partial charge on any atom is -0.294 e. The predicted octanol–water partition coefficient (Wildman–Crippen LogP) is 3.38. The number of sulfonamides is 1. The van der Waals surface area contributed by atoms with Crippen LogP contribution in [-0.2, 0) is 10.0 Å². The van der Waals surface area contributed by atoms with E-state index in [2.05, 4.69) is 18.6 Å². The van der Waals surface area contributed by atoms with E-state index in [1.165, 1.54) is 12.1 Å². The number of nitrogens with one attached hydrogen (secondary N) is 1. The van der Waals surface area contributed by atoms with Crippen molar-refractivity contribution in [2.75, 3.05) is 0 Å². The zero-order chi connectivity index (χ0) is 16.0. The fourth-order valence-corrected chi connectivity index (χ4v) is 3.34. The third-order valence-electron chi connectivity index (χ3n) is 3.32. The lowest BCUT2D eigenvalue weighted by molar-refractivity contribution is 0.0988. The molecule has 0 aliphatic carbocycles. The molecule has 21 heavy (non-hydrogen) atoms. The number of hydrogen-bond donors (Lipinski definition) is 1. The van der Waals surface area contributed by atoms with Gasteiger partial charge in [0.1, 0.15) is 0 Å². The van der Waals surface area contributed by atoms with Crippen molar-refractivity contribution in [2.24, 2.45) is 5.92 Å². The fourth-order valence-electron chi connectivity index (χ4n) is 2.02. The molecule has 0 amide bonds. The number of carbonyl (C=O) groups excluding carboxylic acids is 1. The summed E-state index contributed by atoms with van der Waals surface area (Å²) < 4.78 is 27.3. The molecule has 1 aromatic rings. The Morgan fingerprint density at radius 3 is 2.43 bits per heavy atom. The van der Waals surface area contributed by atoms with Crippen LogP contribution in [0.1, 0.15) is 57.3 Å². The first-order chi connectivity index (χ1) is 9.76. The number of Topliss-reactive ketones (excluding diaryl/α,β-unsaturated/α-hetero) is 1. The normalized spacial score (nSPS) is 13.4. The van der Waals surface area contributed by atoms with Crippen molar-refractivity contribution in [3.8, 4) is 0 Å². The van der Waals surface area contributed by atoms with Crippen molar-refractivity contribution in [1.29, 1.82) is 0 Å². The van der Waals surface area contributed by atoms with Gasteiger partial charge in [-0.1, -0.05) is 32.9 Å². The van der Waals surface area contributed by atoms with Crippen LogP contribution in [0.15, 0.2) is 29.2 Å². The monoisotopic (exact) mass is 311 g/mol. The van der Waals surface area contributed by atoms with Gasteiger partial charge < -0.3 is 0 Å². The van der Waals surface area contributed by atoms with Gasteiger partial charge in [0.05, 0.1) is 4.90 Å². The molecule has 0 aromatic heterocycles. The van der Waals surface area contributed by atoms with E-state index in [9.17, 15) is 13.2 Å². The second-order valence-corrected chi connectivity index (χ2v) is 7.51. The summed E-state index contributed by atoms with van der Waals surface area (Å²) in [5.74, 6) is 0.488. The number of rotatable bonds is 8. The summed E-state index contributed by atoms with van der Waals surface area (Å²) >= 11 is 0. The first-order valence-electron chi connectivity index (χ1n) is 7.41. The van der Waals surface area contributed by atoms with Gasteiger partial charge in [0.25, 0.3) is 0 Å². The highest BCUT2D eigenvalue weighted by molar-refractivity contribution is 7.89. The van der Waals surface area contributed by atoms with E-state index < -0.39 is 10.0 Å². The maximum atomic E-state index is 12.3. The molecule has 0 spiro atoms. The molecule has 1 aromatic carbocycles. The Morgan fingerprint density at radius 2 is 1.86 bits per heavy atom. The molecule has 1 atom stereocenters. The van der Waals surface area contributed by atoms with E-state index in [1.807, 2.05) is 6.92 Å². The summed E-state index contributed by atoms with van der Waals surface area (Å²) in [5, 5.41) is 0. The minimum atomic E-state index is -3.57. The average Bonchev–Trinajstić information content (AvgIpc) is 2.44. The van der Waals surface area contributed by atoms with Gasteiger partial charge in [0.2, 0.25) is 10.0 Å². The standard InChI is InChI=1S/C16H25NO3S/c1-5-16(18)14-7-6-8-15(11-14)21(19,20)17-13(4)10-9-12(2)3/h6-8,11-13,17H,5,9-10H2,1-4H3. The quantitative estimate of drug-likeness (QED) is 0.749. The summed E-state index contributed by atoms with van der Waals surface area (Å²) in [7, 11) is -3.57. The van der Waals surface area contributed by atoms with Gasteiger partial charge in [-0.25, -0.2) is 13.1 Å². The molecule has 0 radical (unpaired) electrons. The van der Waals surface area contributed by atoms with Crippen LogP contribution in [0.5, 0.6) is 0 Å². The second kappa shape index (κ2) is 7.71. The van der Waals surface area contributed by atoms with Crippen LogP contribution in [-0.4, -0.2) is 20.2 Å². The van der Waals surface area contributed by atoms with E-state index in [4.69, 9.17) is 0 Å². The maximum Gasteiger partial charge on any atom is 0.240 e. The fraction of sp³-hybridized carbons (Fsp3) is 0.562. The average molecular weight is 311 g/mol. The van der Waals surface area contributed by atoms with Crippen LogP contribution in [0.3, 0.4) is 0 Å². The molecule has 1 rings (SSSR count). The summed E-state index contributed by atoms with van der Waals surface area (Å²) in [6, 6.07) is 6.10. The molecule has 0 saturated carbocycles. The number of ketones is 1. The Labute approximate surface area is 128 Å². The topological polar surface area (TPSA) is 63.2 Å². The smallest absolute Gasteiger partial charge is 0.240 e. The lowest BCUT2D eigenvalue weighted by Gasteiger charge is -2.15. The van der Waals surface area contributed by atoms with Crippen molar-refractivity contribution in [2.45, 2.75) is 57.9 Å². The van der Waals surface area contributed by atoms with E-state index in [-0.39, 0.29) is 16.7 Å². The first-order valence-corrected chi connectivity index (χ1v) is 8.90. The Morgan fingerprint density at radius 1 is 1.19 bits per heavy atom. The van der Waals surface area contributed by atoms with Crippen molar-refractivity contribution < 1.29 is 13.2 Å². The third-order valence-corrected chi connectivity index (χ3v) is 4.91. The zero-order valence-electron chi connectivity index (χ0n) is 13.2. The van der Waals surface area contributed by atoms with Crippen LogP contribution >= 0.6 is 0 Å². The Kier molecular flexibility index (Phi) is 6.55. The van der Waals surface area contributed by atoms with Crippen molar-refractivity contribution in [1.82, 2.24) is 4.72 Å². The molecule has 1 unspecified atom stereocenters. The molecule has 0 aliphatic rings. The predicted molar refractivity (Wildman–Crippen MR) is 84.9 cm³/mol. The highest BCUT2D eigenvalue weighted by atomic mass is 32.2. The van der Waals surface area contributed by atoms with Crippen molar-refractivity contribution >= 4 is 15.8 Å². The Balaban J connectivity index is 2.85. The summed E-state index contributed by atoms with van der Waals surface area (Å²) in [5.41, 5.74) is 0.440. The number of benzene rings is 1. The lowest BCUT2D eigenvalue weighted by Crippen LogP contribution is -2.32. The molecular weight excluding hydrogens is 286 g/mol. The van der Waals surface area contributed by atoms with Gasteiger partial charge in [-0.15, -0.1) is 0 Å². The molecule has 0 heterocycles. The van der Waals surface area contributed by atoms with Crippen LogP contribution < -0.4 is 4.72 Å². The summed E-state index contributed by atoms with van der Waals surface area (Å²) in [6.45, 7) is 7.85. The molecule has 1 N–H and O–H groups in total. The SMILES string of the molecule is CCC(=O)c1cccc(S(=O)(=O)NC(C)CCC(C)C)c1. The van der Waals surface area contributed by atoms with Crippen LogP contribution in [0, 0.1) is 5.92 Å². The second-order valence-electron chi connectivity index (χ2n) is 5.80. The molecule has 118 valence electrons. The third kappa shape index (κ3) is 5.59. The molecule has 0 fully saturated rings. The lowest BCUT2D eigenvalue weighted by atomic mass is 10.1. The van der Waals surface area contributed by atoms with Crippen LogP contribution in [0.2, 0.25) is 0 Å². The maximum absolute atomic E-state index is 12.3. The van der Waals surface area contributed by atoms with Gasteiger partial charge in [-0.05, 0) is 37.8 Å². The minimum absolute atomic E-state index is 0.0556.